The fourth-order valence-corrected chi connectivity index (χ4v) is 2.13. The van der Waals surface area contributed by atoms with Crippen LogP contribution in [0.5, 0.6) is 0 Å². The van der Waals surface area contributed by atoms with Crippen LogP contribution in [-0.2, 0) is 0 Å². The highest BCUT2D eigenvalue weighted by Crippen LogP contribution is 2.22. The Labute approximate surface area is 113 Å². The summed E-state index contributed by atoms with van der Waals surface area (Å²) in [5.41, 5.74) is -0.168. The van der Waals surface area contributed by atoms with Crippen LogP contribution >= 0.6 is 23.2 Å². The summed E-state index contributed by atoms with van der Waals surface area (Å²) in [4.78, 5) is 23.3. The van der Waals surface area contributed by atoms with E-state index >= 15 is 0 Å². The Morgan fingerprint density at radius 3 is 2.50 bits per heavy atom. The first-order chi connectivity index (χ1) is 8.41. The Morgan fingerprint density at radius 2 is 2.00 bits per heavy atom. The largest absolute Gasteiger partial charge is 0.357 e. The monoisotopic (exact) mass is 285 g/mol. The number of rotatable bonds is 1. The number of carbonyl (C=O) groups is 1. The molecule has 0 unspecified atom stereocenters. The first-order valence-electron chi connectivity index (χ1n) is 5.07. The van der Waals surface area contributed by atoms with Crippen LogP contribution in [0.15, 0.2) is 23.0 Å². The molecule has 0 N–H and O–H groups in total. The second-order valence-electron chi connectivity index (χ2n) is 3.69. The van der Waals surface area contributed by atoms with Crippen molar-refractivity contribution in [2.75, 3.05) is 0 Å². The molecule has 0 bridgehead atoms. The average Bonchev–Trinajstić information content (AvgIpc) is 2.54. The molecule has 1 heterocycles. The van der Waals surface area contributed by atoms with Crippen molar-refractivity contribution in [3.63, 3.8) is 0 Å². The Bertz CT molecular complexity index is 688. The van der Waals surface area contributed by atoms with E-state index in [-0.39, 0.29) is 5.02 Å². The van der Waals surface area contributed by atoms with E-state index in [1.165, 1.54) is 13.0 Å². The molecule has 7 heteroatoms. The number of aromatic nitrogens is 3. The predicted molar refractivity (Wildman–Crippen MR) is 68.9 cm³/mol. The fourth-order valence-electron chi connectivity index (χ4n) is 1.64. The molecule has 94 valence electrons. The van der Waals surface area contributed by atoms with Gasteiger partial charge in [0.15, 0.2) is 0 Å². The van der Waals surface area contributed by atoms with Crippen LogP contribution in [0.3, 0.4) is 0 Å². The van der Waals surface area contributed by atoms with E-state index in [1.54, 1.807) is 19.1 Å². The first kappa shape index (κ1) is 12.9. The lowest BCUT2D eigenvalue weighted by atomic mass is 10.3. The molecule has 2 rings (SSSR count). The van der Waals surface area contributed by atoms with Gasteiger partial charge >= 0.3 is 5.69 Å². The molecule has 18 heavy (non-hydrogen) atoms. The smallest absolute Gasteiger partial charge is 0.274 e. The predicted octanol–water partition coefficient (Wildman–Crippen LogP) is 2.31. The zero-order valence-corrected chi connectivity index (χ0v) is 11.2. The lowest BCUT2D eigenvalue weighted by molar-refractivity contribution is 0.0930. The topological polar surface area (TPSA) is 56.9 Å². The molecule has 1 aromatic heterocycles. The van der Waals surface area contributed by atoms with Crippen LogP contribution in [-0.4, -0.2) is 20.3 Å². The molecule has 0 radical (unpaired) electrons. The van der Waals surface area contributed by atoms with Gasteiger partial charge in [0.2, 0.25) is 5.91 Å². The van der Waals surface area contributed by atoms with E-state index in [4.69, 9.17) is 23.2 Å². The van der Waals surface area contributed by atoms with Gasteiger partial charge < -0.3 is 0 Å². The van der Waals surface area contributed by atoms with Crippen molar-refractivity contribution < 1.29 is 4.79 Å². The highest BCUT2D eigenvalue weighted by atomic mass is 35.5. The summed E-state index contributed by atoms with van der Waals surface area (Å²) in [5, 5.41) is 4.76. The number of aryl methyl sites for hydroxylation is 1. The Hall–Kier alpha value is -1.59. The highest BCUT2D eigenvalue weighted by molar-refractivity contribution is 6.35. The molecule has 0 aliphatic heterocycles. The Morgan fingerprint density at radius 1 is 1.33 bits per heavy atom. The maximum Gasteiger partial charge on any atom is 0.357 e. The molecule has 0 aliphatic rings. The van der Waals surface area contributed by atoms with E-state index in [1.807, 2.05) is 0 Å². The summed E-state index contributed by atoms with van der Waals surface area (Å²) in [6.07, 6.45) is 0. The molecule has 0 aliphatic carbocycles. The summed E-state index contributed by atoms with van der Waals surface area (Å²) in [6.45, 7) is 2.87. The SMILES string of the molecule is CC(=O)n1c(C)nn(-c2ccc(Cl)cc2Cl)c1=O. The number of benzene rings is 1. The van der Waals surface area contributed by atoms with Crippen molar-refractivity contribution >= 4 is 29.1 Å². The van der Waals surface area contributed by atoms with Gasteiger partial charge in [-0.1, -0.05) is 23.2 Å². The normalized spacial score (nSPS) is 10.7. The second kappa shape index (κ2) is 4.59. The van der Waals surface area contributed by atoms with Crippen LogP contribution < -0.4 is 5.69 Å². The van der Waals surface area contributed by atoms with Crippen LogP contribution in [0, 0.1) is 6.92 Å². The van der Waals surface area contributed by atoms with Gasteiger partial charge in [-0.25, -0.2) is 9.36 Å². The van der Waals surface area contributed by atoms with E-state index in [0.717, 1.165) is 9.25 Å². The third-order valence-electron chi connectivity index (χ3n) is 2.39. The molecule has 0 atom stereocenters. The Balaban J connectivity index is 2.69. The van der Waals surface area contributed by atoms with Gasteiger partial charge in [0, 0.05) is 11.9 Å². The van der Waals surface area contributed by atoms with Crippen LogP contribution in [0.25, 0.3) is 5.69 Å². The van der Waals surface area contributed by atoms with E-state index in [9.17, 15) is 9.59 Å². The lowest BCUT2D eigenvalue weighted by Gasteiger charge is -2.02. The molecule has 2 aromatic rings. The standard InChI is InChI=1S/C11H9Cl2N3O2/c1-6-14-16(11(18)15(6)7(2)17)10-4-3-8(12)5-9(10)13/h3-5H,1-2H3. The summed E-state index contributed by atoms with van der Waals surface area (Å²) in [7, 11) is 0. The van der Waals surface area contributed by atoms with Crippen molar-refractivity contribution in [3.05, 3.63) is 44.6 Å². The van der Waals surface area contributed by atoms with Crippen LogP contribution in [0.1, 0.15) is 17.5 Å². The third kappa shape index (κ3) is 2.07. The van der Waals surface area contributed by atoms with Gasteiger partial charge in [0.25, 0.3) is 0 Å². The lowest BCUT2D eigenvalue weighted by Crippen LogP contribution is -2.27. The third-order valence-corrected chi connectivity index (χ3v) is 2.93. The van der Waals surface area contributed by atoms with Gasteiger partial charge in [-0.15, -0.1) is 5.10 Å². The minimum atomic E-state index is -0.552. The van der Waals surface area contributed by atoms with Gasteiger partial charge in [-0.3, -0.25) is 4.79 Å². The molecular weight excluding hydrogens is 277 g/mol. The summed E-state index contributed by atoms with van der Waals surface area (Å²) >= 11 is 11.8. The minimum Gasteiger partial charge on any atom is -0.274 e. The quantitative estimate of drug-likeness (QED) is 0.808. The van der Waals surface area contributed by atoms with E-state index in [2.05, 4.69) is 5.10 Å². The van der Waals surface area contributed by atoms with Gasteiger partial charge in [-0.2, -0.15) is 4.68 Å². The molecular formula is C11H9Cl2N3O2. The van der Waals surface area contributed by atoms with Crippen LogP contribution in [0.2, 0.25) is 10.0 Å². The van der Waals surface area contributed by atoms with Gasteiger partial charge in [-0.05, 0) is 25.1 Å². The van der Waals surface area contributed by atoms with Crippen molar-refractivity contribution in [1.82, 2.24) is 14.3 Å². The second-order valence-corrected chi connectivity index (χ2v) is 4.54. The number of nitrogens with zero attached hydrogens (tertiary/aromatic N) is 3. The number of carbonyl (C=O) groups excluding carboxylic acids is 1. The van der Waals surface area contributed by atoms with E-state index < -0.39 is 11.6 Å². The van der Waals surface area contributed by atoms with Gasteiger partial charge in [0.1, 0.15) is 5.82 Å². The maximum atomic E-state index is 12.0. The molecule has 0 amide bonds. The number of halogens is 2. The molecule has 5 nitrogen and oxygen atoms in total. The van der Waals surface area contributed by atoms with E-state index in [0.29, 0.717) is 16.5 Å². The summed E-state index contributed by atoms with van der Waals surface area (Å²) < 4.78 is 2.06. The zero-order chi connectivity index (χ0) is 13.4. The average molecular weight is 286 g/mol. The molecule has 0 spiro atoms. The van der Waals surface area contributed by atoms with Crippen molar-refractivity contribution in [3.8, 4) is 5.69 Å². The fraction of sp³-hybridized carbons (Fsp3) is 0.182. The maximum absolute atomic E-state index is 12.0. The zero-order valence-electron chi connectivity index (χ0n) is 9.65. The van der Waals surface area contributed by atoms with Gasteiger partial charge in [0.05, 0.1) is 10.7 Å². The molecule has 0 fully saturated rings. The minimum absolute atomic E-state index is 0.290. The molecule has 1 aromatic carbocycles. The number of hydrogen-bond donors (Lipinski definition) is 0. The van der Waals surface area contributed by atoms with Crippen molar-refractivity contribution in [2.24, 2.45) is 0 Å². The van der Waals surface area contributed by atoms with Crippen LogP contribution in [0.4, 0.5) is 0 Å². The summed E-state index contributed by atoms with van der Waals surface area (Å²) in [6, 6.07) is 4.67. The van der Waals surface area contributed by atoms with Crippen molar-refractivity contribution in [2.45, 2.75) is 13.8 Å². The number of hydrogen-bond acceptors (Lipinski definition) is 3. The highest BCUT2D eigenvalue weighted by Gasteiger charge is 2.16. The first-order valence-corrected chi connectivity index (χ1v) is 5.82. The molecule has 0 saturated heterocycles. The summed E-state index contributed by atoms with van der Waals surface area (Å²) in [5.74, 6) is -0.0904. The van der Waals surface area contributed by atoms with Crippen molar-refractivity contribution in [1.29, 1.82) is 0 Å². The molecule has 0 saturated carbocycles. The Kier molecular flexibility index (Phi) is 3.28.